The van der Waals surface area contributed by atoms with Crippen molar-refractivity contribution in [3.05, 3.63) is 35.4 Å². The molecule has 3 rings (SSSR count). The predicted octanol–water partition coefficient (Wildman–Crippen LogP) is 2.57. The molecule has 0 bridgehead atoms. The molecule has 2 fully saturated rings. The Labute approximate surface area is 124 Å². The molecule has 0 spiro atoms. The van der Waals surface area contributed by atoms with Crippen molar-refractivity contribution in [2.75, 3.05) is 7.05 Å². The summed E-state index contributed by atoms with van der Waals surface area (Å²) in [7, 11) is 1.93. The summed E-state index contributed by atoms with van der Waals surface area (Å²) in [4.78, 5) is 25.2. The molecule has 0 aliphatic heterocycles. The van der Waals surface area contributed by atoms with Gasteiger partial charge in [-0.2, -0.15) is 0 Å². The number of aromatic carboxylic acids is 1. The van der Waals surface area contributed by atoms with Crippen LogP contribution in [-0.4, -0.2) is 35.0 Å². The van der Waals surface area contributed by atoms with Gasteiger partial charge in [0.25, 0.3) is 0 Å². The van der Waals surface area contributed by atoms with Crippen LogP contribution in [0.5, 0.6) is 0 Å². The first-order chi connectivity index (χ1) is 10.1. The number of carboxylic acids is 1. The number of carboxylic acid groups (broad SMARTS) is 1. The van der Waals surface area contributed by atoms with Crippen molar-refractivity contribution in [1.82, 2.24) is 4.90 Å². The molecule has 1 N–H and O–H groups in total. The highest BCUT2D eigenvalue weighted by Gasteiger charge is 2.44. The molecule has 21 heavy (non-hydrogen) atoms. The van der Waals surface area contributed by atoms with Crippen molar-refractivity contribution < 1.29 is 14.7 Å². The van der Waals surface area contributed by atoms with E-state index in [1.807, 2.05) is 11.9 Å². The highest BCUT2D eigenvalue weighted by atomic mass is 16.4. The molecular formula is C17H21NO3. The lowest BCUT2D eigenvalue weighted by Gasteiger charge is -2.28. The number of hydrogen-bond acceptors (Lipinski definition) is 2. The van der Waals surface area contributed by atoms with E-state index in [2.05, 4.69) is 0 Å². The summed E-state index contributed by atoms with van der Waals surface area (Å²) < 4.78 is 0. The highest BCUT2D eigenvalue weighted by Crippen LogP contribution is 2.46. The largest absolute Gasteiger partial charge is 0.478 e. The SMILES string of the molecule is CN(C(=O)Cc1ccc(C(=O)O)cc1)C(C1CC1)C1CC1. The molecule has 2 aliphatic carbocycles. The second kappa shape index (κ2) is 5.51. The Morgan fingerprint density at radius 2 is 1.67 bits per heavy atom. The number of carbonyl (C=O) groups excluding carboxylic acids is 1. The average molecular weight is 287 g/mol. The summed E-state index contributed by atoms with van der Waals surface area (Å²) in [5.41, 5.74) is 1.13. The number of likely N-dealkylation sites (N-methyl/N-ethyl adjacent to an activating group) is 1. The fourth-order valence-corrected chi connectivity index (χ4v) is 3.12. The van der Waals surface area contributed by atoms with E-state index in [0.29, 0.717) is 24.3 Å². The van der Waals surface area contributed by atoms with Gasteiger partial charge in [0, 0.05) is 13.1 Å². The van der Waals surface area contributed by atoms with E-state index < -0.39 is 5.97 Å². The molecular weight excluding hydrogens is 266 g/mol. The summed E-state index contributed by atoms with van der Waals surface area (Å²) >= 11 is 0. The minimum Gasteiger partial charge on any atom is -0.478 e. The smallest absolute Gasteiger partial charge is 0.335 e. The van der Waals surface area contributed by atoms with Crippen LogP contribution < -0.4 is 0 Å². The van der Waals surface area contributed by atoms with E-state index >= 15 is 0 Å². The Bertz CT molecular complexity index is 532. The first kappa shape index (κ1) is 14.1. The quantitative estimate of drug-likeness (QED) is 0.875. The second-order valence-corrected chi connectivity index (χ2v) is 6.35. The van der Waals surface area contributed by atoms with Crippen LogP contribution in [0.1, 0.15) is 41.6 Å². The van der Waals surface area contributed by atoms with Crippen LogP contribution in [0.2, 0.25) is 0 Å². The third-order valence-corrected chi connectivity index (χ3v) is 4.61. The zero-order valence-corrected chi connectivity index (χ0v) is 12.3. The Morgan fingerprint density at radius 3 is 2.10 bits per heavy atom. The van der Waals surface area contributed by atoms with E-state index in [1.165, 1.54) is 25.7 Å². The summed E-state index contributed by atoms with van der Waals surface area (Å²) in [5, 5.41) is 8.88. The van der Waals surface area contributed by atoms with E-state index in [0.717, 1.165) is 5.56 Å². The number of carbonyl (C=O) groups is 2. The lowest BCUT2D eigenvalue weighted by Crippen LogP contribution is -2.40. The third kappa shape index (κ3) is 3.26. The number of benzene rings is 1. The zero-order valence-electron chi connectivity index (χ0n) is 12.3. The van der Waals surface area contributed by atoms with Crippen molar-refractivity contribution >= 4 is 11.9 Å². The van der Waals surface area contributed by atoms with Gasteiger partial charge in [-0.1, -0.05) is 12.1 Å². The van der Waals surface area contributed by atoms with Gasteiger partial charge in [-0.15, -0.1) is 0 Å². The van der Waals surface area contributed by atoms with Gasteiger partial charge in [-0.05, 0) is 55.2 Å². The summed E-state index contributed by atoms with van der Waals surface area (Å²) in [6.07, 6.45) is 5.38. The predicted molar refractivity (Wildman–Crippen MR) is 79.1 cm³/mol. The molecule has 0 unspecified atom stereocenters. The van der Waals surface area contributed by atoms with Crippen molar-refractivity contribution in [2.24, 2.45) is 11.8 Å². The normalized spacial score (nSPS) is 17.8. The lowest BCUT2D eigenvalue weighted by atomic mass is 10.0. The van der Waals surface area contributed by atoms with Gasteiger partial charge in [0.15, 0.2) is 0 Å². The molecule has 0 saturated heterocycles. The number of nitrogens with zero attached hydrogens (tertiary/aromatic N) is 1. The Hall–Kier alpha value is -1.84. The van der Waals surface area contributed by atoms with Crippen LogP contribution >= 0.6 is 0 Å². The standard InChI is InChI=1S/C17H21NO3/c1-18(16(12-6-7-12)13-8-9-13)15(19)10-11-2-4-14(5-3-11)17(20)21/h2-5,12-13,16H,6-10H2,1H3,(H,20,21). The summed E-state index contributed by atoms with van der Waals surface area (Å²) in [6.45, 7) is 0. The van der Waals surface area contributed by atoms with Crippen LogP contribution in [0, 0.1) is 11.8 Å². The van der Waals surface area contributed by atoms with E-state index in [1.54, 1.807) is 24.3 Å². The number of hydrogen-bond donors (Lipinski definition) is 1. The molecule has 4 heteroatoms. The minimum absolute atomic E-state index is 0.141. The van der Waals surface area contributed by atoms with Crippen molar-refractivity contribution in [2.45, 2.75) is 38.1 Å². The topological polar surface area (TPSA) is 57.6 Å². The van der Waals surface area contributed by atoms with Crippen molar-refractivity contribution in [3.8, 4) is 0 Å². The van der Waals surface area contributed by atoms with E-state index in [-0.39, 0.29) is 11.5 Å². The summed E-state index contributed by atoms with van der Waals surface area (Å²) in [5.74, 6) is 0.621. The molecule has 4 nitrogen and oxygen atoms in total. The highest BCUT2D eigenvalue weighted by molar-refractivity contribution is 5.87. The van der Waals surface area contributed by atoms with Crippen molar-refractivity contribution in [3.63, 3.8) is 0 Å². The van der Waals surface area contributed by atoms with E-state index in [9.17, 15) is 9.59 Å². The fourth-order valence-electron chi connectivity index (χ4n) is 3.12. The fraction of sp³-hybridized carbons (Fsp3) is 0.529. The van der Waals surface area contributed by atoms with Crippen LogP contribution in [0.4, 0.5) is 0 Å². The maximum absolute atomic E-state index is 12.4. The van der Waals surface area contributed by atoms with Gasteiger partial charge >= 0.3 is 5.97 Å². The Morgan fingerprint density at radius 1 is 1.14 bits per heavy atom. The van der Waals surface area contributed by atoms with Crippen LogP contribution in [0.3, 0.4) is 0 Å². The van der Waals surface area contributed by atoms with E-state index in [4.69, 9.17) is 5.11 Å². The molecule has 0 atom stereocenters. The van der Waals surface area contributed by atoms with Gasteiger partial charge in [0.2, 0.25) is 5.91 Å². The Balaban J connectivity index is 1.63. The molecule has 1 amide bonds. The van der Waals surface area contributed by atoms with Crippen LogP contribution in [-0.2, 0) is 11.2 Å². The van der Waals surface area contributed by atoms with Gasteiger partial charge in [0.1, 0.15) is 0 Å². The number of amides is 1. The first-order valence-corrected chi connectivity index (χ1v) is 7.64. The Kier molecular flexibility index (Phi) is 3.70. The minimum atomic E-state index is -0.937. The number of rotatable bonds is 6. The first-order valence-electron chi connectivity index (χ1n) is 7.64. The molecule has 2 aliphatic rings. The molecule has 0 heterocycles. The monoisotopic (exact) mass is 287 g/mol. The molecule has 112 valence electrons. The lowest BCUT2D eigenvalue weighted by molar-refractivity contribution is -0.132. The molecule has 0 aromatic heterocycles. The molecule has 1 aromatic carbocycles. The second-order valence-electron chi connectivity index (χ2n) is 6.35. The van der Waals surface area contributed by atoms with Gasteiger partial charge in [0.05, 0.1) is 12.0 Å². The molecule has 2 saturated carbocycles. The van der Waals surface area contributed by atoms with Crippen molar-refractivity contribution in [1.29, 1.82) is 0 Å². The van der Waals surface area contributed by atoms with Crippen LogP contribution in [0.15, 0.2) is 24.3 Å². The van der Waals surface area contributed by atoms with Crippen LogP contribution in [0.25, 0.3) is 0 Å². The van der Waals surface area contributed by atoms with Gasteiger partial charge in [-0.3, -0.25) is 4.79 Å². The maximum Gasteiger partial charge on any atom is 0.335 e. The average Bonchev–Trinajstić information content (AvgIpc) is 3.34. The summed E-state index contributed by atoms with van der Waals surface area (Å²) in [6, 6.07) is 7.02. The van der Waals surface area contributed by atoms with Gasteiger partial charge in [-0.25, -0.2) is 4.79 Å². The zero-order chi connectivity index (χ0) is 15.0. The molecule has 1 aromatic rings. The maximum atomic E-state index is 12.4. The third-order valence-electron chi connectivity index (χ3n) is 4.61. The molecule has 0 radical (unpaired) electrons. The van der Waals surface area contributed by atoms with Gasteiger partial charge < -0.3 is 10.0 Å².